The summed E-state index contributed by atoms with van der Waals surface area (Å²) in [6, 6.07) is 0. The van der Waals surface area contributed by atoms with Crippen LogP contribution >= 0.6 is 0 Å². The average molecular weight is 238 g/mol. The highest BCUT2D eigenvalue weighted by Gasteiger charge is 2.76. The van der Waals surface area contributed by atoms with Crippen molar-refractivity contribution in [3.63, 3.8) is 0 Å². The monoisotopic (exact) mass is 238 g/mol. The minimum atomic E-state index is -0.373. The maximum Gasteiger partial charge on any atom is 0.333 e. The van der Waals surface area contributed by atoms with Crippen molar-refractivity contribution in [3.05, 3.63) is 12.2 Å². The molecule has 4 unspecified atom stereocenters. The van der Waals surface area contributed by atoms with Crippen LogP contribution in [0.4, 0.5) is 0 Å². The molecule has 2 aliphatic rings. The van der Waals surface area contributed by atoms with Gasteiger partial charge in [-0.25, -0.2) is 4.79 Å². The molecule has 0 aromatic heterocycles. The third-order valence-corrected chi connectivity index (χ3v) is 4.82. The molecule has 2 rings (SSSR count). The maximum atomic E-state index is 11.7. The molecule has 3 nitrogen and oxygen atoms in total. The minimum absolute atomic E-state index is 0.0240. The van der Waals surface area contributed by atoms with Crippen LogP contribution in [0.1, 0.15) is 40.5 Å². The molecule has 0 spiro atoms. The van der Waals surface area contributed by atoms with E-state index in [0.29, 0.717) is 5.57 Å². The van der Waals surface area contributed by atoms with Crippen LogP contribution in [-0.4, -0.2) is 22.8 Å². The van der Waals surface area contributed by atoms with Gasteiger partial charge in [0.1, 0.15) is 5.60 Å². The molecule has 0 amide bonds. The molecule has 3 heteroatoms. The van der Waals surface area contributed by atoms with Gasteiger partial charge < -0.3 is 9.84 Å². The zero-order chi connectivity index (χ0) is 13.0. The van der Waals surface area contributed by atoms with Gasteiger partial charge in [-0.05, 0) is 25.7 Å². The summed E-state index contributed by atoms with van der Waals surface area (Å²) in [5, 5.41) is 9.91. The second-order valence-corrected chi connectivity index (χ2v) is 6.32. The molecule has 0 aromatic rings. The molecule has 0 aromatic carbocycles. The molecular weight excluding hydrogens is 216 g/mol. The van der Waals surface area contributed by atoms with Crippen molar-refractivity contribution in [1.29, 1.82) is 0 Å². The summed E-state index contributed by atoms with van der Waals surface area (Å²) < 4.78 is 5.70. The van der Waals surface area contributed by atoms with E-state index < -0.39 is 0 Å². The number of carbonyl (C=O) groups excluding carboxylic acids is 1. The number of fused-ring (bicyclic) bond motifs is 1. The maximum absolute atomic E-state index is 11.7. The van der Waals surface area contributed by atoms with Gasteiger partial charge in [0.05, 0.1) is 6.10 Å². The van der Waals surface area contributed by atoms with E-state index in [1.54, 1.807) is 6.92 Å². The fraction of sp³-hybridized carbons (Fsp3) is 0.786. The molecule has 0 heterocycles. The van der Waals surface area contributed by atoms with Gasteiger partial charge in [-0.1, -0.05) is 27.4 Å². The van der Waals surface area contributed by atoms with E-state index in [1.165, 1.54) is 0 Å². The van der Waals surface area contributed by atoms with Gasteiger partial charge in [-0.3, -0.25) is 0 Å². The Hall–Kier alpha value is -0.830. The number of esters is 1. The molecule has 17 heavy (non-hydrogen) atoms. The predicted octanol–water partition coefficient (Wildman–Crippen LogP) is 2.29. The lowest BCUT2D eigenvalue weighted by Crippen LogP contribution is -2.36. The minimum Gasteiger partial charge on any atom is -0.455 e. The first-order valence-corrected chi connectivity index (χ1v) is 6.29. The quantitative estimate of drug-likeness (QED) is 0.593. The van der Waals surface area contributed by atoms with Gasteiger partial charge in [-0.2, -0.15) is 0 Å². The second kappa shape index (κ2) is 3.58. The van der Waals surface area contributed by atoms with Gasteiger partial charge in [0.25, 0.3) is 0 Å². The van der Waals surface area contributed by atoms with Crippen LogP contribution in [0.25, 0.3) is 0 Å². The van der Waals surface area contributed by atoms with Crippen LogP contribution in [0, 0.1) is 17.3 Å². The van der Waals surface area contributed by atoms with E-state index in [9.17, 15) is 9.90 Å². The lowest BCUT2D eigenvalue weighted by atomic mass is 9.86. The number of ether oxygens (including phenoxy) is 1. The lowest BCUT2D eigenvalue weighted by Gasteiger charge is -2.31. The van der Waals surface area contributed by atoms with Gasteiger partial charge >= 0.3 is 5.97 Å². The molecule has 1 N–H and O–H groups in total. The number of hydrogen-bond donors (Lipinski definition) is 1. The molecule has 0 saturated heterocycles. The number of hydrogen-bond acceptors (Lipinski definition) is 3. The molecule has 96 valence electrons. The summed E-state index contributed by atoms with van der Waals surface area (Å²) in [6.45, 7) is 11.6. The first-order valence-electron chi connectivity index (χ1n) is 6.29. The van der Waals surface area contributed by atoms with Crippen LogP contribution in [-0.2, 0) is 9.53 Å². The van der Waals surface area contributed by atoms with Crippen LogP contribution in [0.5, 0.6) is 0 Å². The number of aliphatic hydroxyl groups excluding tert-OH is 1. The van der Waals surface area contributed by atoms with Crippen molar-refractivity contribution in [2.75, 3.05) is 0 Å². The molecule has 2 fully saturated rings. The van der Waals surface area contributed by atoms with Crippen LogP contribution in [0.2, 0.25) is 0 Å². The van der Waals surface area contributed by atoms with E-state index in [1.807, 2.05) is 6.92 Å². The summed E-state index contributed by atoms with van der Waals surface area (Å²) in [5.74, 6) is 0.166. The number of aliphatic hydroxyl groups is 1. The van der Waals surface area contributed by atoms with Gasteiger partial charge in [0.15, 0.2) is 0 Å². The summed E-state index contributed by atoms with van der Waals surface area (Å²) in [4.78, 5) is 11.7. The van der Waals surface area contributed by atoms with Crippen LogP contribution < -0.4 is 0 Å². The Kier molecular flexibility index (Phi) is 2.66. The summed E-state index contributed by atoms with van der Waals surface area (Å²) in [6.07, 6.45) is 1.22. The third kappa shape index (κ3) is 1.63. The number of rotatable bonds is 2. The Morgan fingerprint density at radius 1 is 1.47 bits per heavy atom. The fourth-order valence-corrected chi connectivity index (χ4v) is 3.40. The molecule has 2 saturated carbocycles. The van der Waals surface area contributed by atoms with Gasteiger partial charge in [0, 0.05) is 16.9 Å². The average Bonchev–Trinajstić information content (AvgIpc) is 2.64. The van der Waals surface area contributed by atoms with Crippen LogP contribution in [0.15, 0.2) is 12.2 Å². The van der Waals surface area contributed by atoms with Crippen molar-refractivity contribution < 1.29 is 14.6 Å². The molecule has 2 aliphatic carbocycles. The van der Waals surface area contributed by atoms with Crippen molar-refractivity contribution >= 4 is 5.97 Å². The highest BCUT2D eigenvalue weighted by atomic mass is 16.6. The van der Waals surface area contributed by atoms with Crippen LogP contribution in [0.3, 0.4) is 0 Å². The Labute approximate surface area is 103 Å². The van der Waals surface area contributed by atoms with E-state index in [4.69, 9.17) is 4.74 Å². The Bertz CT molecular complexity index is 372. The highest BCUT2D eigenvalue weighted by Crippen LogP contribution is 2.71. The Balaban J connectivity index is 2.19. The molecule has 0 bridgehead atoms. The van der Waals surface area contributed by atoms with Crippen molar-refractivity contribution in [1.82, 2.24) is 0 Å². The van der Waals surface area contributed by atoms with Gasteiger partial charge in [0.2, 0.25) is 0 Å². The topological polar surface area (TPSA) is 46.5 Å². The van der Waals surface area contributed by atoms with Crippen molar-refractivity contribution in [2.45, 2.75) is 52.2 Å². The molecule has 0 aliphatic heterocycles. The Morgan fingerprint density at radius 3 is 2.59 bits per heavy atom. The fourth-order valence-electron chi connectivity index (χ4n) is 3.40. The summed E-state index contributed by atoms with van der Waals surface area (Å²) in [5.41, 5.74) is 0.0468. The SMILES string of the molecule is C=C(C)C(=O)OC12CC(C)C(O)CC1C2(C)C. The van der Waals surface area contributed by atoms with E-state index in [0.717, 1.165) is 12.8 Å². The van der Waals surface area contributed by atoms with Gasteiger partial charge in [-0.15, -0.1) is 0 Å². The number of carbonyl (C=O) groups is 1. The first-order chi connectivity index (χ1) is 7.72. The summed E-state index contributed by atoms with van der Waals surface area (Å²) in [7, 11) is 0. The van der Waals surface area contributed by atoms with E-state index in [-0.39, 0.29) is 34.9 Å². The molecule has 0 radical (unpaired) electrons. The largest absolute Gasteiger partial charge is 0.455 e. The lowest BCUT2D eigenvalue weighted by molar-refractivity contribution is -0.153. The zero-order valence-electron chi connectivity index (χ0n) is 11.1. The first kappa shape index (κ1) is 12.6. The standard InChI is InChI=1S/C14H22O3/c1-8(2)12(16)17-14-7-9(3)10(15)6-11(14)13(14,4)5/h9-11,15H,1,6-7H2,2-5H3. The van der Waals surface area contributed by atoms with Crippen molar-refractivity contribution in [3.8, 4) is 0 Å². The Morgan fingerprint density at radius 2 is 2.06 bits per heavy atom. The second-order valence-electron chi connectivity index (χ2n) is 6.32. The molecular formula is C14H22O3. The van der Waals surface area contributed by atoms with E-state index >= 15 is 0 Å². The zero-order valence-corrected chi connectivity index (χ0v) is 11.1. The summed E-state index contributed by atoms with van der Waals surface area (Å²) >= 11 is 0. The predicted molar refractivity (Wildman–Crippen MR) is 65.3 cm³/mol. The third-order valence-electron chi connectivity index (χ3n) is 4.82. The highest BCUT2D eigenvalue weighted by molar-refractivity contribution is 5.87. The smallest absolute Gasteiger partial charge is 0.333 e. The van der Waals surface area contributed by atoms with Crippen molar-refractivity contribution in [2.24, 2.45) is 17.3 Å². The molecule has 4 atom stereocenters. The van der Waals surface area contributed by atoms with E-state index in [2.05, 4.69) is 20.4 Å². The normalized spacial score (nSPS) is 42.5.